The molecule has 9 nitrogen and oxygen atoms in total. The van der Waals surface area contributed by atoms with Crippen molar-refractivity contribution >= 4 is 34.8 Å². The number of thioether (sulfide) groups is 1. The van der Waals surface area contributed by atoms with Crippen molar-refractivity contribution in [1.82, 2.24) is 14.7 Å². The van der Waals surface area contributed by atoms with E-state index >= 15 is 0 Å². The molecular formula is C35H41N5O4S. The molecule has 1 aliphatic heterocycles. The molecule has 7 rings (SSSR count). The van der Waals surface area contributed by atoms with E-state index in [1.165, 1.54) is 5.57 Å². The van der Waals surface area contributed by atoms with Crippen molar-refractivity contribution in [2.75, 3.05) is 12.3 Å². The highest BCUT2D eigenvalue weighted by Gasteiger charge is 2.63. The lowest BCUT2D eigenvalue weighted by atomic mass is 9.46. The first-order chi connectivity index (χ1) is 21.6. The van der Waals surface area contributed by atoms with Gasteiger partial charge in [-0.05, 0) is 110 Å². The Morgan fingerprint density at radius 2 is 2.02 bits per heavy atom. The maximum absolute atomic E-state index is 13.4. The molecule has 5 aliphatic rings. The predicted molar refractivity (Wildman–Crippen MR) is 171 cm³/mol. The maximum atomic E-state index is 13.4. The van der Waals surface area contributed by atoms with Crippen molar-refractivity contribution in [2.45, 2.75) is 77.4 Å². The van der Waals surface area contributed by atoms with Gasteiger partial charge < -0.3 is 15.7 Å². The number of nitrogens with two attached hydrogens (primary N) is 1. The van der Waals surface area contributed by atoms with Crippen LogP contribution in [0.4, 0.5) is 0 Å². The van der Waals surface area contributed by atoms with E-state index in [9.17, 15) is 19.5 Å². The van der Waals surface area contributed by atoms with Gasteiger partial charge in [-0.25, -0.2) is 4.68 Å². The van der Waals surface area contributed by atoms with E-state index in [0.717, 1.165) is 67.2 Å². The number of aromatic nitrogens is 2. The highest BCUT2D eigenvalue weighted by Crippen LogP contribution is 2.67. The molecule has 0 spiro atoms. The van der Waals surface area contributed by atoms with Gasteiger partial charge in [-0.3, -0.25) is 14.4 Å². The first-order valence-corrected chi connectivity index (χ1v) is 17.3. The number of allylic oxidation sites excluding steroid dienone is 1. The first kappa shape index (κ1) is 30.2. The fourth-order valence-electron chi connectivity index (χ4n) is 10.2. The molecule has 4 fully saturated rings. The fraction of sp³-hybridized carbons (Fsp3) is 0.571. The largest absolute Gasteiger partial charge is 0.393 e. The lowest BCUT2D eigenvalue weighted by Crippen LogP contribution is -2.57. The summed E-state index contributed by atoms with van der Waals surface area (Å²) in [6.07, 6.45) is 10.2. The molecule has 8 atom stereocenters. The molecule has 2 aromatic rings. The van der Waals surface area contributed by atoms with Crippen LogP contribution in [-0.4, -0.2) is 61.2 Å². The number of rotatable bonds is 5. The van der Waals surface area contributed by atoms with E-state index in [0.29, 0.717) is 36.8 Å². The summed E-state index contributed by atoms with van der Waals surface area (Å²) in [6.45, 7) is 5.04. The lowest BCUT2D eigenvalue weighted by Gasteiger charge is -2.59. The minimum absolute atomic E-state index is 0.104. The quantitative estimate of drug-likeness (QED) is 0.497. The third-order valence-electron chi connectivity index (χ3n) is 12.2. The Labute approximate surface area is 268 Å². The summed E-state index contributed by atoms with van der Waals surface area (Å²) in [5.74, 6) is 0.248. The predicted octanol–water partition coefficient (Wildman–Crippen LogP) is 4.51. The molecule has 2 amide bonds. The summed E-state index contributed by atoms with van der Waals surface area (Å²) in [5, 5.41) is 25.8. The Hall–Kier alpha value is -3.42. The highest BCUT2D eigenvalue weighted by molar-refractivity contribution is 8.13. The maximum Gasteiger partial charge on any atom is 0.254 e. The van der Waals surface area contributed by atoms with Gasteiger partial charge in [0.05, 0.1) is 35.5 Å². The van der Waals surface area contributed by atoms with Crippen LogP contribution >= 0.6 is 11.8 Å². The Bertz CT molecular complexity index is 1640. The second-order valence-corrected chi connectivity index (χ2v) is 15.3. The molecular weight excluding hydrogens is 586 g/mol. The van der Waals surface area contributed by atoms with Crippen LogP contribution in [0.5, 0.6) is 0 Å². The summed E-state index contributed by atoms with van der Waals surface area (Å²) in [7, 11) is 0. The van der Waals surface area contributed by atoms with Crippen LogP contribution in [0.1, 0.15) is 80.4 Å². The molecule has 1 aromatic carbocycles. The Kier molecular flexibility index (Phi) is 7.48. The van der Waals surface area contributed by atoms with Crippen molar-refractivity contribution in [3.05, 3.63) is 52.9 Å². The van der Waals surface area contributed by atoms with Crippen LogP contribution in [0.3, 0.4) is 0 Å². The molecule has 10 heteroatoms. The van der Waals surface area contributed by atoms with Gasteiger partial charge in [-0.15, -0.1) is 0 Å². The molecule has 2 heterocycles. The van der Waals surface area contributed by atoms with Crippen LogP contribution in [0, 0.1) is 45.8 Å². The van der Waals surface area contributed by atoms with E-state index in [1.54, 1.807) is 11.0 Å². The number of primary amides is 1. The first-order valence-electron chi connectivity index (χ1n) is 16.3. The molecule has 7 unspecified atom stereocenters. The van der Waals surface area contributed by atoms with Gasteiger partial charge >= 0.3 is 0 Å². The molecule has 0 radical (unpaired) electrons. The summed E-state index contributed by atoms with van der Waals surface area (Å²) >= 11 is 1.14. The zero-order valence-electron chi connectivity index (χ0n) is 25.9. The zero-order valence-corrected chi connectivity index (χ0v) is 26.8. The molecule has 3 saturated carbocycles. The number of aliphatic hydroxyl groups is 1. The average Bonchev–Trinajstić information content (AvgIpc) is 3.74. The smallest absolute Gasteiger partial charge is 0.254 e. The summed E-state index contributed by atoms with van der Waals surface area (Å²) in [4.78, 5) is 40.0. The van der Waals surface area contributed by atoms with E-state index in [4.69, 9.17) is 16.1 Å². The van der Waals surface area contributed by atoms with Crippen molar-refractivity contribution < 1.29 is 19.5 Å². The van der Waals surface area contributed by atoms with Gasteiger partial charge in [-0.2, -0.15) is 10.4 Å². The van der Waals surface area contributed by atoms with E-state index in [2.05, 4.69) is 26.0 Å². The van der Waals surface area contributed by atoms with Gasteiger partial charge in [0.15, 0.2) is 5.12 Å². The number of nitriles is 1. The summed E-state index contributed by atoms with van der Waals surface area (Å²) in [5.41, 5.74) is 9.89. The number of fused-ring (bicyclic) bond motifs is 6. The van der Waals surface area contributed by atoms with Crippen LogP contribution in [0.25, 0.3) is 11.8 Å². The van der Waals surface area contributed by atoms with Crippen molar-refractivity contribution in [1.29, 1.82) is 5.26 Å². The lowest BCUT2D eigenvalue weighted by molar-refractivity contribution is -0.136. The van der Waals surface area contributed by atoms with Crippen LogP contribution in [0.2, 0.25) is 0 Å². The molecule has 1 aromatic heterocycles. The average molecular weight is 628 g/mol. The third-order valence-corrected chi connectivity index (χ3v) is 13.0. The molecule has 3 N–H and O–H groups in total. The second kappa shape index (κ2) is 11.1. The van der Waals surface area contributed by atoms with Crippen molar-refractivity contribution in [3.8, 4) is 11.8 Å². The van der Waals surface area contributed by atoms with Crippen LogP contribution in [0.15, 0.2) is 36.0 Å². The highest BCUT2D eigenvalue weighted by atomic mass is 32.2. The minimum Gasteiger partial charge on any atom is -0.393 e. The second-order valence-electron chi connectivity index (χ2n) is 14.3. The summed E-state index contributed by atoms with van der Waals surface area (Å²) in [6, 6.07) is 8.93. The number of hydrogen-bond donors (Lipinski definition) is 2. The Morgan fingerprint density at radius 1 is 1.20 bits per heavy atom. The van der Waals surface area contributed by atoms with E-state index in [-0.39, 0.29) is 39.4 Å². The van der Waals surface area contributed by atoms with Gasteiger partial charge in [-0.1, -0.05) is 37.2 Å². The number of benzene rings is 1. The number of nitrogens with zero attached hydrogens (tertiary/aromatic N) is 4. The van der Waals surface area contributed by atoms with Crippen molar-refractivity contribution in [2.24, 2.45) is 40.2 Å². The molecule has 45 heavy (non-hydrogen) atoms. The molecule has 0 bridgehead atoms. The SMILES string of the molecule is CC12Cc3cnn(-c4cccc(C(=O)N5CCC[C@@H]5C(N)=O)c4)c3C=C1CCC1C2C(O)CC2(C)C(C(=O)SCC#N)CCC12. The van der Waals surface area contributed by atoms with Crippen LogP contribution < -0.4 is 5.73 Å². The van der Waals surface area contributed by atoms with Gasteiger partial charge in [0.25, 0.3) is 5.91 Å². The Balaban J connectivity index is 1.16. The number of carbonyl (C=O) groups is 3. The van der Waals surface area contributed by atoms with Crippen molar-refractivity contribution in [3.63, 3.8) is 0 Å². The monoisotopic (exact) mass is 627 g/mol. The number of aliphatic hydroxyl groups excluding tert-OH is 1. The number of carbonyl (C=O) groups excluding carboxylic acids is 3. The molecule has 236 valence electrons. The van der Waals surface area contributed by atoms with E-state index < -0.39 is 18.1 Å². The molecule has 1 saturated heterocycles. The zero-order chi connectivity index (χ0) is 31.7. The standard InChI is InChI=1S/C35H41N5O4S/c1-34-17-21-19-38-40(23-6-3-5-20(15-23)32(43)39-13-4-7-27(39)31(37)42)28(21)16-22(34)8-9-24-25-10-11-26(33(44)45-14-12-36)35(25,2)18-29(41)30(24)34/h3,5-6,15-16,19,24-27,29-30,41H,4,7-11,13-14,17-18H2,1-2H3,(H2,37,42)/t24?,25?,26?,27-,29?,30?,34?,35?/m1/s1. The topological polar surface area (TPSA) is 142 Å². The third kappa shape index (κ3) is 4.68. The number of hydrogen-bond acceptors (Lipinski definition) is 7. The van der Waals surface area contributed by atoms with E-state index in [1.807, 2.05) is 29.1 Å². The van der Waals surface area contributed by atoms with Gasteiger partial charge in [0.1, 0.15) is 6.04 Å². The fourth-order valence-corrected chi connectivity index (χ4v) is 11.0. The van der Waals surface area contributed by atoms with Crippen LogP contribution in [-0.2, 0) is 16.0 Å². The minimum atomic E-state index is -0.567. The Morgan fingerprint density at radius 3 is 2.80 bits per heavy atom. The van der Waals surface area contributed by atoms with Gasteiger partial charge in [0, 0.05) is 18.0 Å². The normalized spacial score (nSPS) is 35.0. The molecule has 4 aliphatic carbocycles. The van der Waals surface area contributed by atoms with Gasteiger partial charge in [0.2, 0.25) is 5.91 Å². The number of likely N-dealkylation sites (tertiary alicyclic amines) is 1. The number of amides is 2. The summed E-state index contributed by atoms with van der Waals surface area (Å²) < 4.78 is 1.90.